The largest absolute Gasteiger partial charge is 0.469 e. The molecule has 9 heteroatoms. The van der Waals surface area contributed by atoms with Gasteiger partial charge in [0, 0.05) is 10.5 Å². The SMILES string of the molecule is COC(=O)C[C@H](NS(=O)(=O)c1ccc(Br)c(C(=O)OC)c1)C1CC1. The topological polar surface area (TPSA) is 98.8 Å². The van der Waals surface area contributed by atoms with E-state index in [1.807, 2.05) is 0 Å². The molecule has 0 aliphatic heterocycles. The highest BCUT2D eigenvalue weighted by atomic mass is 79.9. The fraction of sp³-hybridized carbons (Fsp3) is 0.467. The zero-order chi connectivity index (χ0) is 17.9. The van der Waals surface area contributed by atoms with Gasteiger partial charge in [0.2, 0.25) is 10.0 Å². The summed E-state index contributed by atoms with van der Waals surface area (Å²) in [5, 5.41) is 0. The zero-order valence-corrected chi connectivity index (χ0v) is 15.6. The monoisotopic (exact) mass is 419 g/mol. The molecule has 0 saturated heterocycles. The lowest BCUT2D eigenvalue weighted by Crippen LogP contribution is -2.38. The van der Waals surface area contributed by atoms with E-state index in [9.17, 15) is 18.0 Å². The molecular formula is C15H18BrNO6S. The summed E-state index contributed by atoms with van der Waals surface area (Å²) in [6.45, 7) is 0. The zero-order valence-electron chi connectivity index (χ0n) is 13.2. The molecule has 0 spiro atoms. The van der Waals surface area contributed by atoms with Gasteiger partial charge in [0.05, 0.1) is 31.1 Å². The molecule has 0 radical (unpaired) electrons. The third-order valence-corrected chi connectivity index (χ3v) is 5.94. The summed E-state index contributed by atoms with van der Waals surface area (Å²) in [7, 11) is -1.41. The van der Waals surface area contributed by atoms with Gasteiger partial charge in [-0.2, -0.15) is 0 Å². The molecule has 0 bridgehead atoms. The molecule has 7 nitrogen and oxygen atoms in total. The Balaban J connectivity index is 2.25. The Morgan fingerprint density at radius 3 is 2.50 bits per heavy atom. The number of benzene rings is 1. The van der Waals surface area contributed by atoms with Crippen LogP contribution in [0.4, 0.5) is 0 Å². The van der Waals surface area contributed by atoms with Crippen molar-refractivity contribution in [3.63, 3.8) is 0 Å². The van der Waals surface area contributed by atoms with Crippen LogP contribution in [0.3, 0.4) is 0 Å². The molecule has 1 aromatic carbocycles. The second-order valence-corrected chi connectivity index (χ2v) is 8.05. The maximum absolute atomic E-state index is 12.6. The van der Waals surface area contributed by atoms with Gasteiger partial charge < -0.3 is 9.47 Å². The molecular weight excluding hydrogens is 402 g/mol. The maximum Gasteiger partial charge on any atom is 0.339 e. The number of carbonyl (C=O) groups is 2. The lowest BCUT2D eigenvalue weighted by molar-refractivity contribution is -0.141. The number of methoxy groups -OCH3 is 2. The van der Waals surface area contributed by atoms with E-state index in [-0.39, 0.29) is 22.8 Å². The van der Waals surface area contributed by atoms with Crippen LogP contribution in [-0.4, -0.2) is 40.6 Å². The number of rotatable bonds is 7. The van der Waals surface area contributed by atoms with Crippen molar-refractivity contribution >= 4 is 37.9 Å². The summed E-state index contributed by atoms with van der Waals surface area (Å²) in [4.78, 5) is 23.1. The van der Waals surface area contributed by atoms with Crippen molar-refractivity contribution in [2.45, 2.75) is 30.2 Å². The molecule has 24 heavy (non-hydrogen) atoms. The first-order valence-corrected chi connectivity index (χ1v) is 9.53. The van der Waals surface area contributed by atoms with Crippen molar-refractivity contribution in [1.82, 2.24) is 4.72 Å². The normalized spacial score (nSPS) is 15.6. The van der Waals surface area contributed by atoms with Crippen LogP contribution < -0.4 is 4.72 Å². The summed E-state index contributed by atoms with van der Waals surface area (Å²) in [6, 6.07) is 3.56. The van der Waals surface area contributed by atoms with Crippen LogP contribution in [0.5, 0.6) is 0 Å². The molecule has 2 rings (SSSR count). The van der Waals surface area contributed by atoms with Crippen LogP contribution in [0.25, 0.3) is 0 Å². The standard InChI is InChI=1S/C15H18BrNO6S/c1-22-14(18)8-13(9-3-4-9)17-24(20,21)10-5-6-12(16)11(7-10)15(19)23-2/h5-7,9,13,17H,3-4,8H2,1-2H3/t13-/m0/s1. The van der Waals surface area contributed by atoms with Crippen LogP contribution in [0.1, 0.15) is 29.6 Å². The fourth-order valence-electron chi connectivity index (χ4n) is 2.27. The van der Waals surface area contributed by atoms with Crippen molar-refractivity contribution in [1.29, 1.82) is 0 Å². The second kappa shape index (κ2) is 7.62. The first-order chi connectivity index (χ1) is 11.3. The van der Waals surface area contributed by atoms with Crippen LogP contribution in [-0.2, 0) is 24.3 Å². The quantitative estimate of drug-likeness (QED) is 0.677. The average Bonchev–Trinajstić information content (AvgIpc) is 3.38. The molecule has 0 unspecified atom stereocenters. The van der Waals surface area contributed by atoms with E-state index in [0.29, 0.717) is 4.47 Å². The summed E-state index contributed by atoms with van der Waals surface area (Å²) >= 11 is 3.19. The van der Waals surface area contributed by atoms with Crippen LogP contribution >= 0.6 is 15.9 Å². The van der Waals surface area contributed by atoms with Crippen LogP contribution in [0.2, 0.25) is 0 Å². The summed E-state index contributed by atoms with van der Waals surface area (Å²) in [5.74, 6) is -0.998. The van der Waals surface area contributed by atoms with Gasteiger partial charge in [-0.1, -0.05) is 0 Å². The van der Waals surface area contributed by atoms with E-state index in [1.165, 1.54) is 32.4 Å². The highest BCUT2D eigenvalue weighted by molar-refractivity contribution is 9.10. The average molecular weight is 420 g/mol. The van der Waals surface area contributed by atoms with E-state index in [2.05, 4.69) is 30.1 Å². The summed E-state index contributed by atoms with van der Waals surface area (Å²) < 4.78 is 37.4. The van der Waals surface area contributed by atoms with Crippen LogP contribution in [0, 0.1) is 5.92 Å². The number of hydrogen-bond donors (Lipinski definition) is 1. The Labute approximate surface area is 148 Å². The van der Waals surface area contributed by atoms with Gasteiger partial charge in [-0.15, -0.1) is 0 Å². The molecule has 0 heterocycles. The van der Waals surface area contributed by atoms with E-state index in [0.717, 1.165) is 12.8 Å². The van der Waals surface area contributed by atoms with Gasteiger partial charge in [0.1, 0.15) is 0 Å². The highest BCUT2D eigenvalue weighted by Crippen LogP contribution is 2.35. The smallest absolute Gasteiger partial charge is 0.339 e. The second-order valence-electron chi connectivity index (χ2n) is 5.48. The number of esters is 2. The Bertz CT molecular complexity index is 744. The van der Waals surface area contributed by atoms with Crippen molar-refractivity contribution in [3.05, 3.63) is 28.2 Å². The molecule has 0 amide bonds. The highest BCUT2D eigenvalue weighted by Gasteiger charge is 2.36. The molecule has 1 atom stereocenters. The number of halogens is 1. The third kappa shape index (κ3) is 4.55. The predicted molar refractivity (Wildman–Crippen MR) is 88.9 cm³/mol. The first kappa shape index (κ1) is 18.9. The van der Waals surface area contributed by atoms with Crippen LogP contribution in [0.15, 0.2) is 27.6 Å². The van der Waals surface area contributed by atoms with Crippen molar-refractivity contribution < 1.29 is 27.5 Å². The molecule has 1 aromatic rings. The molecule has 0 aromatic heterocycles. The van der Waals surface area contributed by atoms with Crippen molar-refractivity contribution in [2.24, 2.45) is 5.92 Å². The van der Waals surface area contributed by atoms with Gasteiger partial charge in [0.25, 0.3) is 0 Å². The van der Waals surface area contributed by atoms with Gasteiger partial charge in [0.15, 0.2) is 0 Å². The summed E-state index contributed by atoms with van der Waals surface area (Å²) in [5.41, 5.74) is 0.108. The number of nitrogens with one attached hydrogen (secondary N) is 1. The number of carbonyl (C=O) groups excluding carboxylic acids is 2. The molecule has 1 saturated carbocycles. The third-order valence-electron chi connectivity index (χ3n) is 3.77. The Hall–Kier alpha value is -1.45. The Morgan fingerprint density at radius 1 is 1.29 bits per heavy atom. The van der Waals surface area contributed by atoms with Gasteiger partial charge >= 0.3 is 11.9 Å². The van der Waals surface area contributed by atoms with Gasteiger partial charge in [-0.25, -0.2) is 17.9 Å². The predicted octanol–water partition coefficient (Wildman–Crippen LogP) is 1.86. The number of ether oxygens (including phenoxy) is 2. The van der Waals surface area contributed by atoms with Crippen molar-refractivity contribution in [2.75, 3.05) is 14.2 Å². The maximum atomic E-state index is 12.6. The van der Waals surface area contributed by atoms with Crippen molar-refractivity contribution in [3.8, 4) is 0 Å². The molecule has 132 valence electrons. The summed E-state index contributed by atoms with van der Waals surface area (Å²) in [6.07, 6.45) is 1.69. The molecule has 1 aliphatic carbocycles. The molecule has 1 N–H and O–H groups in total. The van der Waals surface area contributed by atoms with E-state index in [4.69, 9.17) is 0 Å². The molecule has 1 aliphatic rings. The van der Waals surface area contributed by atoms with Gasteiger partial charge in [-0.3, -0.25) is 4.79 Å². The lowest BCUT2D eigenvalue weighted by Gasteiger charge is -2.17. The minimum Gasteiger partial charge on any atom is -0.469 e. The minimum absolute atomic E-state index is 0.0270. The molecule has 1 fully saturated rings. The minimum atomic E-state index is -3.89. The van der Waals surface area contributed by atoms with E-state index in [1.54, 1.807) is 0 Å². The van der Waals surface area contributed by atoms with Gasteiger partial charge in [-0.05, 0) is 52.9 Å². The van der Waals surface area contributed by atoms with E-state index >= 15 is 0 Å². The number of sulfonamides is 1. The Morgan fingerprint density at radius 2 is 1.96 bits per heavy atom. The fourth-order valence-corrected chi connectivity index (χ4v) is 4.01. The first-order valence-electron chi connectivity index (χ1n) is 7.25. The number of hydrogen-bond acceptors (Lipinski definition) is 6. The lowest BCUT2D eigenvalue weighted by atomic mass is 10.1. The van der Waals surface area contributed by atoms with E-state index < -0.39 is 28.0 Å². The Kier molecular flexibility index (Phi) is 6.00.